The zero-order valence-corrected chi connectivity index (χ0v) is 19.5. The smallest absolute Gasteiger partial charge is 0.252 e. The van der Waals surface area contributed by atoms with Gasteiger partial charge in [0.25, 0.3) is 5.91 Å². The van der Waals surface area contributed by atoms with Gasteiger partial charge in [-0.15, -0.1) is 0 Å². The topological polar surface area (TPSA) is 78.2 Å². The maximum absolute atomic E-state index is 12.2. The monoisotopic (exact) mass is 451 g/mol. The summed E-state index contributed by atoms with van der Waals surface area (Å²) in [5, 5.41) is 8.19. The maximum Gasteiger partial charge on any atom is 0.252 e. The van der Waals surface area contributed by atoms with Crippen LogP contribution in [0.25, 0.3) is 0 Å². The largest absolute Gasteiger partial charge is 0.368 e. The van der Waals surface area contributed by atoms with Gasteiger partial charge in [0.15, 0.2) is 0 Å². The summed E-state index contributed by atoms with van der Waals surface area (Å²) in [5.41, 5.74) is 12.2. The molecule has 0 atom stereocenters. The fourth-order valence-electron chi connectivity index (χ4n) is 4.21. The van der Waals surface area contributed by atoms with Gasteiger partial charge in [-0.25, -0.2) is 0 Å². The molecule has 4 rings (SSSR count). The van der Waals surface area contributed by atoms with Crippen LogP contribution in [-0.2, 0) is 19.3 Å². The molecule has 1 saturated heterocycles. The van der Waals surface area contributed by atoms with Crippen molar-refractivity contribution in [3.8, 4) is 0 Å². The number of carbonyl (C=O) groups excluding carboxylic acids is 1. The maximum atomic E-state index is 12.2. The average Bonchev–Trinajstić information content (AvgIpc) is 3.17. The van der Waals surface area contributed by atoms with Crippen LogP contribution in [0.15, 0.2) is 42.5 Å². The number of primary amides is 1. The van der Waals surface area contributed by atoms with E-state index < -0.39 is 5.91 Å². The lowest BCUT2D eigenvalue weighted by atomic mass is 10.0. The molecule has 0 bridgehead atoms. The number of aromatic amines is 1. The summed E-state index contributed by atoms with van der Waals surface area (Å²) in [5.74, 6) is -0.451. The number of piperazine rings is 1. The van der Waals surface area contributed by atoms with Gasteiger partial charge in [-0.2, -0.15) is 5.10 Å². The first kappa shape index (κ1) is 22.4. The number of nitrogens with zero attached hydrogens (tertiary/aromatic N) is 3. The Bertz CT molecular complexity index is 1080. The Kier molecular flexibility index (Phi) is 6.82. The molecule has 2 heterocycles. The number of nitrogens with one attached hydrogen (secondary N) is 1. The van der Waals surface area contributed by atoms with E-state index in [2.05, 4.69) is 70.4 Å². The number of aryl methyl sites for hydroxylation is 3. The van der Waals surface area contributed by atoms with Crippen LogP contribution in [0.5, 0.6) is 0 Å². The first-order valence-electron chi connectivity index (χ1n) is 11.0. The van der Waals surface area contributed by atoms with Crippen molar-refractivity contribution < 1.29 is 4.79 Å². The molecule has 2 aromatic carbocycles. The van der Waals surface area contributed by atoms with Gasteiger partial charge in [0.1, 0.15) is 0 Å². The van der Waals surface area contributed by atoms with Crippen LogP contribution in [0.2, 0.25) is 5.02 Å². The molecule has 32 heavy (non-hydrogen) atoms. The zero-order chi connectivity index (χ0) is 22.7. The van der Waals surface area contributed by atoms with Crippen LogP contribution in [-0.4, -0.2) is 54.2 Å². The molecule has 0 saturated carbocycles. The molecular formula is C25H30ClN5O. The lowest BCUT2D eigenvalue weighted by Gasteiger charge is -2.34. The summed E-state index contributed by atoms with van der Waals surface area (Å²) < 4.78 is 0. The molecule has 0 aliphatic carbocycles. The SMILES string of the molecule is Cc1ccc(CCc2n[nH]c(Cc3ccc(N4CCN(C)CC4)c(Cl)c3)c2C(N)=O)cc1. The van der Waals surface area contributed by atoms with Crippen molar-refractivity contribution in [1.29, 1.82) is 0 Å². The van der Waals surface area contributed by atoms with Crippen molar-refractivity contribution in [2.24, 2.45) is 5.73 Å². The number of halogens is 1. The molecule has 1 aromatic heterocycles. The van der Waals surface area contributed by atoms with Crippen LogP contribution >= 0.6 is 11.6 Å². The summed E-state index contributed by atoms with van der Waals surface area (Å²) in [6.45, 7) is 6.05. The van der Waals surface area contributed by atoms with Crippen molar-refractivity contribution in [2.45, 2.75) is 26.2 Å². The van der Waals surface area contributed by atoms with E-state index in [1.165, 1.54) is 11.1 Å². The predicted molar refractivity (Wildman–Crippen MR) is 130 cm³/mol. The summed E-state index contributed by atoms with van der Waals surface area (Å²) in [6.07, 6.45) is 1.98. The second-order valence-electron chi connectivity index (χ2n) is 8.63. The fourth-order valence-corrected chi connectivity index (χ4v) is 4.53. The number of rotatable bonds is 7. The van der Waals surface area contributed by atoms with Crippen molar-refractivity contribution in [3.63, 3.8) is 0 Å². The summed E-state index contributed by atoms with van der Waals surface area (Å²) in [6, 6.07) is 14.5. The minimum atomic E-state index is -0.451. The van der Waals surface area contributed by atoms with Crippen LogP contribution < -0.4 is 10.6 Å². The van der Waals surface area contributed by atoms with E-state index in [1.807, 2.05) is 6.07 Å². The molecule has 3 aromatic rings. The van der Waals surface area contributed by atoms with Crippen molar-refractivity contribution in [2.75, 3.05) is 38.1 Å². The second kappa shape index (κ2) is 9.76. The molecule has 0 unspecified atom stereocenters. The van der Waals surface area contributed by atoms with E-state index in [9.17, 15) is 4.79 Å². The number of likely N-dealkylation sites (N-methyl/N-ethyl adjacent to an activating group) is 1. The molecule has 1 aliphatic rings. The first-order valence-corrected chi connectivity index (χ1v) is 11.4. The third kappa shape index (κ3) is 5.14. The quantitative estimate of drug-likeness (QED) is 0.575. The molecule has 0 spiro atoms. The van der Waals surface area contributed by atoms with Gasteiger partial charge < -0.3 is 15.5 Å². The molecule has 168 valence electrons. The molecule has 6 nitrogen and oxygen atoms in total. The Morgan fingerprint density at radius 1 is 1.06 bits per heavy atom. The highest BCUT2D eigenvalue weighted by molar-refractivity contribution is 6.33. The Morgan fingerprint density at radius 2 is 1.75 bits per heavy atom. The Hall–Kier alpha value is -2.83. The second-order valence-corrected chi connectivity index (χ2v) is 9.03. The molecule has 1 amide bonds. The molecule has 1 fully saturated rings. The minimum Gasteiger partial charge on any atom is -0.368 e. The van der Waals surface area contributed by atoms with E-state index in [-0.39, 0.29) is 0 Å². The van der Waals surface area contributed by atoms with Crippen LogP contribution in [0, 0.1) is 6.92 Å². The molecule has 0 radical (unpaired) electrons. The number of aromatic nitrogens is 2. The highest BCUT2D eigenvalue weighted by atomic mass is 35.5. The van der Waals surface area contributed by atoms with E-state index >= 15 is 0 Å². The minimum absolute atomic E-state index is 0.451. The van der Waals surface area contributed by atoms with Crippen molar-refractivity contribution >= 4 is 23.2 Å². The van der Waals surface area contributed by atoms with Gasteiger partial charge >= 0.3 is 0 Å². The first-order chi connectivity index (χ1) is 15.4. The van der Waals surface area contributed by atoms with E-state index in [0.29, 0.717) is 24.1 Å². The number of anilines is 1. The fraction of sp³-hybridized carbons (Fsp3) is 0.360. The Labute approximate surface area is 194 Å². The van der Waals surface area contributed by atoms with Crippen molar-refractivity contribution in [3.05, 3.63) is 81.1 Å². The summed E-state index contributed by atoms with van der Waals surface area (Å²) >= 11 is 6.63. The highest BCUT2D eigenvalue weighted by Gasteiger charge is 2.20. The van der Waals surface area contributed by atoms with Gasteiger partial charge in [0, 0.05) is 32.6 Å². The third-order valence-corrected chi connectivity index (χ3v) is 6.47. The summed E-state index contributed by atoms with van der Waals surface area (Å²) in [7, 11) is 2.14. The van der Waals surface area contributed by atoms with Gasteiger partial charge in [-0.05, 0) is 50.1 Å². The van der Waals surface area contributed by atoms with E-state index in [0.717, 1.165) is 54.6 Å². The van der Waals surface area contributed by atoms with Gasteiger partial charge in [0.05, 0.1) is 27.7 Å². The number of hydrogen-bond donors (Lipinski definition) is 2. The number of nitrogens with two attached hydrogens (primary N) is 1. The molecule has 3 N–H and O–H groups in total. The van der Waals surface area contributed by atoms with E-state index in [4.69, 9.17) is 17.3 Å². The van der Waals surface area contributed by atoms with Gasteiger partial charge in [-0.3, -0.25) is 9.89 Å². The number of hydrogen-bond acceptors (Lipinski definition) is 4. The van der Waals surface area contributed by atoms with Crippen LogP contribution in [0.1, 0.15) is 38.4 Å². The lowest BCUT2D eigenvalue weighted by Crippen LogP contribution is -2.44. The number of H-pyrrole nitrogens is 1. The number of amides is 1. The normalized spacial score (nSPS) is 14.7. The lowest BCUT2D eigenvalue weighted by molar-refractivity contribution is 0.0998. The van der Waals surface area contributed by atoms with Crippen LogP contribution in [0.3, 0.4) is 0 Å². The van der Waals surface area contributed by atoms with Crippen molar-refractivity contribution in [1.82, 2.24) is 15.1 Å². The third-order valence-electron chi connectivity index (χ3n) is 6.17. The van der Waals surface area contributed by atoms with E-state index in [1.54, 1.807) is 0 Å². The predicted octanol–water partition coefficient (Wildman–Crippen LogP) is 3.60. The van der Waals surface area contributed by atoms with Gasteiger partial charge in [-0.1, -0.05) is 47.5 Å². The molecule has 7 heteroatoms. The Balaban J connectivity index is 1.48. The number of carbonyl (C=O) groups is 1. The average molecular weight is 452 g/mol. The standard InChI is InChI=1S/C25H30ClN5O/c1-17-3-5-18(6-4-17)7-9-21-24(25(27)32)22(29-28-21)16-19-8-10-23(20(26)15-19)31-13-11-30(2)12-14-31/h3-6,8,10,15H,7,9,11-14,16H2,1-2H3,(H2,27,32)(H,28,29). The molecule has 1 aliphatic heterocycles. The van der Waals surface area contributed by atoms with Gasteiger partial charge in [0.2, 0.25) is 0 Å². The highest BCUT2D eigenvalue weighted by Crippen LogP contribution is 2.29. The Morgan fingerprint density at radius 3 is 2.41 bits per heavy atom. The van der Waals surface area contributed by atoms with Crippen LogP contribution in [0.4, 0.5) is 5.69 Å². The number of benzene rings is 2. The zero-order valence-electron chi connectivity index (χ0n) is 18.7. The molecular weight excluding hydrogens is 422 g/mol. The summed E-state index contributed by atoms with van der Waals surface area (Å²) in [4.78, 5) is 16.9.